The van der Waals surface area contributed by atoms with Gasteiger partial charge in [0.05, 0.1) is 25.4 Å². The van der Waals surface area contributed by atoms with Gasteiger partial charge in [-0.1, -0.05) is 222 Å². The first-order valence-corrected chi connectivity index (χ1v) is 30.1. The normalized spacial score (nSPS) is 20.2. The molecule has 1 aliphatic heterocycles. The first-order chi connectivity index (χ1) is 34.9. The molecule has 8 atom stereocenters. The average Bonchev–Trinajstić information content (AvgIpc) is 3.36. The van der Waals surface area contributed by atoms with Gasteiger partial charge in [-0.25, -0.2) is 4.18 Å². The molecular weight excluding hydrogens is 935 g/mol. The van der Waals surface area contributed by atoms with Gasteiger partial charge >= 0.3 is 10.4 Å². The number of hydrogen-bond donors (Lipinski definition) is 7. The number of allylic oxidation sites excluding steroid dienone is 9. The number of hydrogen-bond acceptors (Lipinski definition) is 11. The maximum Gasteiger partial charge on any atom is 0.397 e. The van der Waals surface area contributed by atoms with E-state index in [2.05, 4.69) is 72.0 Å². The lowest BCUT2D eigenvalue weighted by Crippen LogP contribution is -2.61. The third-order valence-electron chi connectivity index (χ3n) is 13.4. The van der Waals surface area contributed by atoms with Crippen LogP contribution in [0.15, 0.2) is 60.8 Å². The smallest absolute Gasteiger partial charge is 0.394 e. The maximum atomic E-state index is 13.2. The molecule has 13 nitrogen and oxygen atoms in total. The zero-order chi connectivity index (χ0) is 52.8. The van der Waals surface area contributed by atoms with Gasteiger partial charge < -0.3 is 40.3 Å². The number of amides is 1. The van der Waals surface area contributed by atoms with Crippen LogP contribution in [0.1, 0.15) is 239 Å². The predicted octanol–water partition coefficient (Wildman–Crippen LogP) is 12.3. The van der Waals surface area contributed by atoms with E-state index in [1.165, 1.54) is 141 Å². The topological polar surface area (TPSA) is 212 Å². The highest BCUT2D eigenvalue weighted by atomic mass is 32.3. The van der Waals surface area contributed by atoms with Crippen LogP contribution >= 0.6 is 0 Å². The summed E-state index contributed by atoms with van der Waals surface area (Å²) in [6.45, 7) is 3.22. The van der Waals surface area contributed by atoms with Crippen molar-refractivity contribution in [3.63, 3.8) is 0 Å². The average molecular weight is 1040 g/mol. The first-order valence-electron chi connectivity index (χ1n) is 28.8. The van der Waals surface area contributed by atoms with Crippen molar-refractivity contribution < 1.29 is 57.0 Å². The molecule has 1 heterocycles. The Bertz CT molecular complexity index is 1520. The van der Waals surface area contributed by atoms with Gasteiger partial charge in [0.25, 0.3) is 0 Å². The van der Waals surface area contributed by atoms with Crippen LogP contribution < -0.4 is 5.32 Å². The Hall–Kier alpha value is -2.24. The van der Waals surface area contributed by atoms with Crippen LogP contribution in [-0.4, -0.2) is 107 Å². The molecule has 0 radical (unpaired) electrons. The Morgan fingerprint density at radius 2 is 0.972 bits per heavy atom. The highest BCUT2D eigenvalue weighted by molar-refractivity contribution is 7.80. The standard InChI is InChI=1S/C58H105NO12S/c1-3-5-7-9-11-13-15-17-19-21-23-25-27-29-31-33-35-37-39-41-43-45-47-52(62)57(65)59-50(49-69-58-55(64)56(71-72(66,67)68)54(63)53(48-60)70-58)51(61)46-44-42-40-38-36-34-32-30-28-26-24-22-20-18-16-14-12-10-8-6-4-2/h23,25,28-31,36,38,44,46,50-56,58,60-64H,3-22,24,26-27,32-35,37,39-43,45,47-49H2,1-2H3,(H,59,65)(H,66,67,68)/b25-23-,30-28+,31-29-,38-36+,46-44+. The van der Waals surface area contributed by atoms with E-state index in [1.807, 2.05) is 0 Å². The van der Waals surface area contributed by atoms with E-state index < -0.39 is 78.5 Å². The predicted molar refractivity (Wildman–Crippen MR) is 293 cm³/mol. The van der Waals surface area contributed by atoms with Crippen LogP contribution in [0.2, 0.25) is 0 Å². The molecule has 0 saturated carbocycles. The fourth-order valence-corrected chi connectivity index (χ4v) is 9.33. The van der Waals surface area contributed by atoms with E-state index in [-0.39, 0.29) is 6.42 Å². The molecule has 0 aromatic heterocycles. The van der Waals surface area contributed by atoms with E-state index in [4.69, 9.17) is 9.47 Å². The third kappa shape index (κ3) is 38.3. The van der Waals surface area contributed by atoms with E-state index >= 15 is 0 Å². The van der Waals surface area contributed by atoms with Crippen LogP contribution in [0.25, 0.3) is 0 Å². The van der Waals surface area contributed by atoms with Gasteiger partial charge in [-0.2, -0.15) is 8.42 Å². The van der Waals surface area contributed by atoms with Crippen molar-refractivity contribution >= 4 is 16.3 Å². The summed E-state index contributed by atoms with van der Waals surface area (Å²) in [4.78, 5) is 13.2. The van der Waals surface area contributed by atoms with Crippen molar-refractivity contribution in [3.8, 4) is 0 Å². The summed E-state index contributed by atoms with van der Waals surface area (Å²) in [5.41, 5.74) is 0. The van der Waals surface area contributed by atoms with Crippen molar-refractivity contribution in [3.05, 3.63) is 60.8 Å². The van der Waals surface area contributed by atoms with Gasteiger partial charge in [0, 0.05) is 0 Å². The van der Waals surface area contributed by atoms with E-state index in [9.17, 15) is 43.3 Å². The summed E-state index contributed by atoms with van der Waals surface area (Å²) in [6.07, 6.45) is 50.1. The number of aliphatic hydroxyl groups is 5. The SMILES string of the molecule is CCCCCCCCCCC/C=C\C/C=C\CCCCCCCCC(O)C(=O)NC(COC1OC(CO)C(O)C(OS(=O)(=O)O)C1O)C(O)/C=C/CC/C=C/CC/C=C/CCCCCCCCCCCCC. The molecule has 420 valence electrons. The van der Waals surface area contributed by atoms with Gasteiger partial charge in [0.1, 0.15) is 30.5 Å². The molecule has 7 N–H and O–H groups in total. The Kier molecular flexibility index (Phi) is 44.5. The Balaban J connectivity index is 2.50. The molecule has 0 bridgehead atoms. The van der Waals surface area contributed by atoms with E-state index in [0.717, 1.165) is 70.6 Å². The molecule has 0 spiro atoms. The number of carbonyl (C=O) groups excluding carboxylic acids is 1. The lowest BCUT2D eigenvalue weighted by atomic mass is 9.99. The Morgan fingerprint density at radius 3 is 1.42 bits per heavy atom. The Labute approximate surface area is 438 Å². The largest absolute Gasteiger partial charge is 0.397 e. The molecule has 1 aliphatic rings. The second-order valence-electron chi connectivity index (χ2n) is 20.0. The number of aliphatic hydroxyl groups excluding tert-OH is 5. The minimum Gasteiger partial charge on any atom is -0.394 e. The minimum absolute atomic E-state index is 0.220. The molecule has 8 unspecified atom stereocenters. The monoisotopic (exact) mass is 1040 g/mol. The lowest BCUT2D eigenvalue weighted by molar-refractivity contribution is -0.298. The van der Waals surface area contributed by atoms with Gasteiger partial charge in [-0.15, -0.1) is 0 Å². The number of unbranched alkanes of at least 4 members (excludes halogenated alkanes) is 28. The number of carbonyl (C=O) groups is 1. The van der Waals surface area contributed by atoms with Crippen LogP contribution in [0, 0.1) is 0 Å². The molecule has 14 heteroatoms. The quantitative estimate of drug-likeness (QED) is 0.0172. The molecule has 72 heavy (non-hydrogen) atoms. The zero-order valence-electron chi connectivity index (χ0n) is 45.1. The van der Waals surface area contributed by atoms with Crippen LogP contribution in [0.4, 0.5) is 0 Å². The highest BCUT2D eigenvalue weighted by Gasteiger charge is 2.48. The summed E-state index contributed by atoms with van der Waals surface area (Å²) in [6, 6.07) is -1.15. The molecular formula is C58H105NO12S. The maximum absolute atomic E-state index is 13.2. The summed E-state index contributed by atoms with van der Waals surface area (Å²) in [7, 11) is -5.13. The molecule has 1 fully saturated rings. The summed E-state index contributed by atoms with van der Waals surface area (Å²) < 4.78 is 47.7. The van der Waals surface area contributed by atoms with Crippen LogP contribution in [-0.2, 0) is 28.9 Å². The van der Waals surface area contributed by atoms with Gasteiger partial charge in [0.15, 0.2) is 6.29 Å². The highest BCUT2D eigenvalue weighted by Crippen LogP contribution is 2.26. The number of nitrogens with one attached hydrogen (secondary N) is 1. The second kappa shape index (κ2) is 47.2. The van der Waals surface area contributed by atoms with Crippen LogP contribution in [0.5, 0.6) is 0 Å². The van der Waals surface area contributed by atoms with E-state index in [0.29, 0.717) is 12.8 Å². The van der Waals surface area contributed by atoms with E-state index in [1.54, 1.807) is 6.08 Å². The molecule has 0 aliphatic carbocycles. The zero-order valence-corrected chi connectivity index (χ0v) is 45.9. The van der Waals surface area contributed by atoms with Crippen LogP contribution in [0.3, 0.4) is 0 Å². The van der Waals surface area contributed by atoms with Crippen molar-refractivity contribution in [2.75, 3.05) is 13.2 Å². The minimum atomic E-state index is -5.13. The Morgan fingerprint density at radius 1 is 0.569 bits per heavy atom. The molecule has 0 aromatic carbocycles. The van der Waals surface area contributed by atoms with Crippen molar-refractivity contribution in [1.82, 2.24) is 5.32 Å². The first kappa shape index (κ1) is 67.8. The second-order valence-corrected chi connectivity index (χ2v) is 21.0. The summed E-state index contributed by atoms with van der Waals surface area (Å²) in [5.74, 6) is -0.724. The van der Waals surface area contributed by atoms with Crippen molar-refractivity contribution in [2.45, 2.75) is 288 Å². The molecule has 1 amide bonds. The summed E-state index contributed by atoms with van der Waals surface area (Å²) >= 11 is 0. The number of rotatable bonds is 49. The fraction of sp³-hybridized carbons (Fsp3) is 0.810. The van der Waals surface area contributed by atoms with Crippen molar-refractivity contribution in [2.24, 2.45) is 0 Å². The van der Waals surface area contributed by atoms with Gasteiger partial charge in [-0.3, -0.25) is 9.35 Å². The third-order valence-corrected chi connectivity index (χ3v) is 13.8. The molecule has 1 rings (SSSR count). The van der Waals surface area contributed by atoms with Crippen molar-refractivity contribution in [1.29, 1.82) is 0 Å². The van der Waals surface area contributed by atoms with Gasteiger partial charge in [0.2, 0.25) is 5.91 Å². The van der Waals surface area contributed by atoms with Gasteiger partial charge in [-0.05, 0) is 77.0 Å². The molecule has 1 saturated heterocycles. The fourth-order valence-electron chi connectivity index (χ4n) is 8.82. The lowest BCUT2D eigenvalue weighted by Gasteiger charge is -2.41. The molecule has 0 aromatic rings. The summed E-state index contributed by atoms with van der Waals surface area (Å²) in [5, 5.41) is 55.5. The number of ether oxygens (including phenoxy) is 2.